The van der Waals surface area contributed by atoms with Crippen molar-refractivity contribution < 1.29 is 9.72 Å². The van der Waals surface area contributed by atoms with Gasteiger partial charge in [-0.05, 0) is 33.6 Å². The fraction of sp³-hybridized carbons (Fsp3) is 0.222. The van der Waals surface area contributed by atoms with Crippen LogP contribution in [0.3, 0.4) is 0 Å². The molecule has 2 unspecified atom stereocenters. The molecule has 0 aromatic heterocycles. The van der Waals surface area contributed by atoms with E-state index in [0.29, 0.717) is 17.5 Å². The molecule has 0 saturated carbocycles. The Morgan fingerprint density at radius 3 is 2.89 bits per heavy atom. The second kappa shape index (κ2) is 8.00. The van der Waals surface area contributed by atoms with E-state index in [2.05, 4.69) is 26.8 Å². The van der Waals surface area contributed by atoms with Gasteiger partial charge in [-0.3, -0.25) is 25.2 Å². The zero-order chi connectivity index (χ0) is 19.7. The minimum Gasteiger partial charge on any atom is -0.274 e. The number of hydrazine groups is 1. The van der Waals surface area contributed by atoms with E-state index in [9.17, 15) is 14.9 Å². The molecule has 4 rings (SSSR count). The van der Waals surface area contributed by atoms with Gasteiger partial charge in [-0.25, -0.2) is 10.4 Å². The van der Waals surface area contributed by atoms with Crippen LogP contribution in [0.1, 0.15) is 5.56 Å². The van der Waals surface area contributed by atoms with Gasteiger partial charge in [0.2, 0.25) is 5.91 Å². The zero-order valence-corrected chi connectivity index (χ0v) is 16.9. The lowest BCUT2D eigenvalue weighted by Gasteiger charge is -2.33. The molecule has 2 atom stereocenters. The number of aliphatic imine (C=N–C) groups is 1. The van der Waals surface area contributed by atoms with Gasteiger partial charge in [-0.2, -0.15) is 0 Å². The predicted octanol–water partition coefficient (Wildman–Crippen LogP) is 3.04. The first-order chi connectivity index (χ1) is 13.5. The minimum absolute atomic E-state index is 0.0362. The number of nitro groups is 1. The van der Waals surface area contributed by atoms with Crippen LogP contribution in [0.2, 0.25) is 0 Å². The number of halogens is 1. The maximum atomic E-state index is 13.2. The van der Waals surface area contributed by atoms with Gasteiger partial charge >= 0.3 is 0 Å². The summed E-state index contributed by atoms with van der Waals surface area (Å²) in [5, 5.41) is 11.6. The van der Waals surface area contributed by atoms with Crippen LogP contribution < -0.4 is 15.8 Å². The number of fused-ring (bicyclic) bond motifs is 1. The molecule has 8 nitrogen and oxygen atoms in total. The zero-order valence-electron chi connectivity index (χ0n) is 14.5. The topological polar surface area (TPSA) is 99.9 Å². The highest BCUT2D eigenvalue weighted by Crippen LogP contribution is 2.34. The van der Waals surface area contributed by atoms with Crippen molar-refractivity contribution in [2.24, 2.45) is 10.9 Å². The number of rotatable bonds is 4. The number of nitrogens with zero attached hydrogens (tertiary/aromatic N) is 3. The summed E-state index contributed by atoms with van der Waals surface area (Å²) in [7, 11) is 0. The van der Waals surface area contributed by atoms with E-state index in [4.69, 9.17) is 4.99 Å². The first-order valence-electron chi connectivity index (χ1n) is 8.55. The number of amidine groups is 1. The average Bonchev–Trinajstić information content (AvgIpc) is 3.16. The normalized spacial score (nSPS) is 21.4. The highest BCUT2D eigenvalue weighted by atomic mass is 79.9. The van der Waals surface area contributed by atoms with Crippen LogP contribution in [-0.4, -0.2) is 28.7 Å². The molecular weight excluding hydrogens is 446 g/mol. The maximum Gasteiger partial charge on any atom is 0.269 e. The number of thioether (sulfide) groups is 1. The Morgan fingerprint density at radius 1 is 1.29 bits per heavy atom. The second-order valence-corrected chi connectivity index (χ2v) is 8.13. The number of benzene rings is 2. The van der Waals surface area contributed by atoms with Crippen LogP contribution in [0.25, 0.3) is 0 Å². The molecule has 1 fully saturated rings. The number of nitro benzene ring substituents is 1. The van der Waals surface area contributed by atoms with Gasteiger partial charge in [0, 0.05) is 28.9 Å². The summed E-state index contributed by atoms with van der Waals surface area (Å²) in [5.41, 5.74) is 7.59. The predicted molar refractivity (Wildman–Crippen MR) is 112 cm³/mol. The van der Waals surface area contributed by atoms with E-state index in [-0.39, 0.29) is 23.7 Å². The number of nitrogens with one attached hydrogen (secondary N) is 2. The molecule has 2 aliphatic heterocycles. The number of carbonyl (C=O) groups excluding carboxylic acids is 1. The lowest BCUT2D eigenvalue weighted by molar-refractivity contribution is -0.384. The van der Waals surface area contributed by atoms with Gasteiger partial charge in [0.1, 0.15) is 6.17 Å². The summed E-state index contributed by atoms with van der Waals surface area (Å²) in [4.78, 5) is 30.1. The van der Waals surface area contributed by atoms with Crippen molar-refractivity contribution in [3.05, 3.63) is 68.7 Å². The van der Waals surface area contributed by atoms with Crippen LogP contribution in [0, 0.1) is 16.0 Å². The third-order valence-electron chi connectivity index (χ3n) is 4.51. The molecule has 2 N–H and O–H groups in total. The quantitative estimate of drug-likeness (QED) is 0.535. The summed E-state index contributed by atoms with van der Waals surface area (Å²) in [5.74, 6) is 0.139. The maximum absolute atomic E-state index is 13.2. The van der Waals surface area contributed by atoms with Crippen molar-refractivity contribution in [2.75, 3.05) is 11.4 Å². The van der Waals surface area contributed by atoms with E-state index in [1.165, 1.54) is 17.8 Å². The SMILES string of the molecule is O=C1C2CNNC2N=C(SCc2cccc([N+](=O)[O-])c2)N1c1ccccc1Br. The van der Waals surface area contributed by atoms with Crippen LogP contribution in [0.15, 0.2) is 58.0 Å². The molecule has 0 aliphatic carbocycles. The molecule has 0 bridgehead atoms. The fourth-order valence-electron chi connectivity index (χ4n) is 3.13. The molecular formula is C18H16BrN5O3S. The van der Waals surface area contributed by atoms with E-state index in [1.54, 1.807) is 17.0 Å². The Morgan fingerprint density at radius 2 is 2.11 bits per heavy atom. The Kier molecular flexibility index (Phi) is 5.44. The lowest BCUT2D eigenvalue weighted by Crippen LogP contribution is -2.49. The van der Waals surface area contributed by atoms with Crippen LogP contribution in [-0.2, 0) is 10.5 Å². The van der Waals surface area contributed by atoms with Crippen molar-refractivity contribution in [3.63, 3.8) is 0 Å². The molecule has 144 valence electrons. The number of amides is 1. The second-order valence-electron chi connectivity index (χ2n) is 6.33. The highest BCUT2D eigenvalue weighted by molar-refractivity contribution is 9.10. The van der Waals surface area contributed by atoms with Crippen molar-refractivity contribution in [1.29, 1.82) is 0 Å². The Balaban J connectivity index is 1.64. The van der Waals surface area contributed by atoms with Gasteiger partial charge in [0.15, 0.2) is 5.17 Å². The Labute approximate surface area is 173 Å². The number of non-ortho nitro benzene ring substituents is 1. The highest BCUT2D eigenvalue weighted by Gasteiger charge is 2.42. The first-order valence-corrected chi connectivity index (χ1v) is 10.3. The molecule has 1 amide bonds. The summed E-state index contributed by atoms with van der Waals surface area (Å²) < 4.78 is 0.796. The standard InChI is InChI=1S/C18H16BrN5O3S/c19-14-6-1-2-7-15(14)23-17(25)13-9-20-22-16(13)21-18(23)28-10-11-4-3-5-12(8-11)24(26)27/h1-8,13,16,20,22H,9-10H2. The average molecular weight is 462 g/mol. The molecule has 2 heterocycles. The number of hydrogen-bond donors (Lipinski definition) is 2. The van der Waals surface area contributed by atoms with Crippen LogP contribution in [0.4, 0.5) is 11.4 Å². The van der Waals surface area contributed by atoms with E-state index in [1.807, 2.05) is 30.3 Å². The van der Waals surface area contributed by atoms with Gasteiger partial charge in [-0.15, -0.1) is 0 Å². The van der Waals surface area contributed by atoms with Crippen molar-refractivity contribution in [3.8, 4) is 0 Å². The van der Waals surface area contributed by atoms with Crippen molar-refractivity contribution in [1.82, 2.24) is 10.9 Å². The molecule has 2 aliphatic rings. The molecule has 1 saturated heterocycles. The van der Waals surface area contributed by atoms with Gasteiger partial charge in [-0.1, -0.05) is 36.0 Å². The van der Waals surface area contributed by atoms with Gasteiger partial charge in [0.25, 0.3) is 5.69 Å². The summed E-state index contributed by atoms with van der Waals surface area (Å²) in [6.07, 6.45) is -0.321. The third kappa shape index (κ3) is 3.68. The number of carbonyl (C=O) groups is 1. The van der Waals surface area contributed by atoms with E-state index in [0.717, 1.165) is 15.7 Å². The summed E-state index contributed by atoms with van der Waals surface area (Å²) in [6.45, 7) is 0.511. The molecule has 2 aromatic rings. The number of para-hydroxylation sites is 1. The summed E-state index contributed by atoms with van der Waals surface area (Å²) >= 11 is 4.90. The number of hydrogen-bond acceptors (Lipinski definition) is 7. The molecule has 10 heteroatoms. The molecule has 28 heavy (non-hydrogen) atoms. The Bertz CT molecular complexity index is 970. The summed E-state index contributed by atoms with van der Waals surface area (Å²) in [6, 6.07) is 14.0. The third-order valence-corrected chi connectivity index (χ3v) is 6.21. The van der Waals surface area contributed by atoms with Crippen molar-refractivity contribution in [2.45, 2.75) is 11.9 Å². The van der Waals surface area contributed by atoms with E-state index < -0.39 is 4.92 Å². The van der Waals surface area contributed by atoms with Crippen molar-refractivity contribution >= 4 is 50.1 Å². The number of anilines is 1. The molecule has 2 aromatic carbocycles. The van der Waals surface area contributed by atoms with Gasteiger partial charge < -0.3 is 0 Å². The first kappa shape index (κ1) is 19.1. The largest absolute Gasteiger partial charge is 0.274 e. The smallest absolute Gasteiger partial charge is 0.269 e. The molecule has 0 spiro atoms. The van der Waals surface area contributed by atoms with Crippen LogP contribution >= 0.6 is 27.7 Å². The lowest BCUT2D eigenvalue weighted by atomic mass is 10.0. The van der Waals surface area contributed by atoms with Crippen LogP contribution in [0.5, 0.6) is 0 Å². The van der Waals surface area contributed by atoms with Gasteiger partial charge in [0.05, 0.1) is 16.5 Å². The minimum atomic E-state index is -0.415. The molecule has 0 radical (unpaired) electrons. The van der Waals surface area contributed by atoms with E-state index >= 15 is 0 Å². The fourth-order valence-corrected chi connectivity index (χ4v) is 4.57. The monoisotopic (exact) mass is 461 g/mol. The Hall–Kier alpha value is -2.27.